The lowest BCUT2D eigenvalue weighted by molar-refractivity contribution is -0.136. The highest BCUT2D eigenvalue weighted by Crippen LogP contribution is 2.07. The van der Waals surface area contributed by atoms with Crippen LogP contribution in [0.1, 0.15) is 12.0 Å². The molecular weight excluding hydrogens is 162 g/mol. The number of aryl methyl sites for hydroxylation is 1. The van der Waals surface area contributed by atoms with Crippen molar-refractivity contribution in [1.29, 1.82) is 0 Å². The zero-order chi connectivity index (χ0) is 7.40. The van der Waals surface area contributed by atoms with E-state index in [0.717, 1.165) is 5.56 Å². The van der Waals surface area contributed by atoms with Crippen molar-refractivity contribution in [2.45, 2.75) is 12.8 Å². The Hall–Kier alpha value is -0.870. The van der Waals surface area contributed by atoms with Gasteiger partial charge in [-0.1, -0.05) is 0 Å². The largest absolute Gasteiger partial charge is 0.481 e. The maximum atomic E-state index is 10.1. The van der Waals surface area contributed by atoms with Crippen LogP contribution >= 0.6 is 11.3 Å². The number of carbonyl (C=O) groups is 1. The predicted molar refractivity (Wildman–Crippen MR) is 46.3 cm³/mol. The molecule has 0 saturated heterocycles. The maximum absolute atomic E-state index is 10.1. The zero-order valence-electron chi connectivity index (χ0n) is 6.41. The van der Waals surface area contributed by atoms with Gasteiger partial charge in [0.2, 0.25) is 0 Å². The zero-order valence-corrected chi connectivity index (χ0v) is 7.23. The van der Waals surface area contributed by atoms with Crippen LogP contribution in [0.2, 0.25) is 0 Å². The molecular formula is C7H12NO2S+. The first-order valence-electron chi connectivity index (χ1n) is 3.02. The molecule has 0 radical (unpaired) electrons. The fraction of sp³-hybridized carbons (Fsp3) is 0.286. The number of carboxylic acids is 1. The molecule has 0 aliphatic heterocycles. The van der Waals surface area contributed by atoms with E-state index in [4.69, 9.17) is 5.11 Å². The number of thiophene rings is 1. The van der Waals surface area contributed by atoms with Crippen LogP contribution in [-0.4, -0.2) is 11.1 Å². The third-order valence-corrected chi connectivity index (χ3v) is 1.94. The summed E-state index contributed by atoms with van der Waals surface area (Å²) in [5, 5.41) is 12.2. The van der Waals surface area contributed by atoms with Crippen LogP contribution in [-0.2, 0) is 11.2 Å². The minimum absolute atomic E-state index is 0. The molecule has 1 heterocycles. The first-order valence-corrected chi connectivity index (χ1v) is 3.96. The van der Waals surface area contributed by atoms with Gasteiger partial charge in [-0.05, 0) is 28.8 Å². The van der Waals surface area contributed by atoms with Crippen LogP contribution in [0.15, 0.2) is 16.8 Å². The molecule has 4 heteroatoms. The maximum Gasteiger partial charge on any atom is 0.303 e. The van der Waals surface area contributed by atoms with E-state index in [9.17, 15) is 4.79 Å². The van der Waals surface area contributed by atoms with Crippen LogP contribution in [0, 0.1) is 0 Å². The normalized spacial score (nSPS) is 8.73. The Kier molecular flexibility index (Phi) is 4.49. The van der Waals surface area contributed by atoms with Crippen molar-refractivity contribution >= 4 is 17.3 Å². The topological polar surface area (TPSA) is 73.8 Å². The Labute approximate surface area is 69.3 Å². The van der Waals surface area contributed by atoms with Crippen molar-refractivity contribution in [1.82, 2.24) is 6.15 Å². The van der Waals surface area contributed by atoms with Crippen molar-refractivity contribution < 1.29 is 9.90 Å². The van der Waals surface area contributed by atoms with Gasteiger partial charge in [0.15, 0.2) is 0 Å². The minimum Gasteiger partial charge on any atom is -0.481 e. The van der Waals surface area contributed by atoms with Crippen molar-refractivity contribution in [2.24, 2.45) is 0 Å². The highest BCUT2D eigenvalue weighted by molar-refractivity contribution is 7.07. The summed E-state index contributed by atoms with van der Waals surface area (Å²) in [6, 6.07) is 1.95. The molecule has 0 amide bonds. The molecule has 0 bridgehead atoms. The van der Waals surface area contributed by atoms with Gasteiger partial charge in [0.25, 0.3) is 0 Å². The fourth-order valence-electron chi connectivity index (χ4n) is 0.686. The van der Waals surface area contributed by atoms with E-state index in [1.807, 2.05) is 16.8 Å². The van der Waals surface area contributed by atoms with E-state index >= 15 is 0 Å². The summed E-state index contributed by atoms with van der Waals surface area (Å²) in [5.41, 5.74) is 1.12. The molecule has 0 atom stereocenters. The van der Waals surface area contributed by atoms with Crippen LogP contribution in [0.25, 0.3) is 0 Å². The van der Waals surface area contributed by atoms with Gasteiger partial charge in [-0.25, -0.2) is 0 Å². The number of carboxylic acid groups (broad SMARTS) is 1. The molecule has 0 saturated carbocycles. The van der Waals surface area contributed by atoms with Crippen LogP contribution in [0.4, 0.5) is 0 Å². The molecule has 11 heavy (non-hydrogen) atoms. The van der Waals surface area contributed by atoms with E-state index in [-0.39, 0.29) is 12.6 Å². The minimum atomic E-state index is -0.730. The number of rotatable bonds is 3. The molecule has 0 aliphatic rings. The van der Waals surface area contributed by atoms with Crippen LogP contribution in [0.5, 0.6) is 0 Å². The molecule has 1 rings (SSSR count). The molecule has 5 N–H and O–H groups in total. The Balaban J connectivity index is 0.000001000. The number of aliphatic carboxylic acids is 1. The van der Waals surface area contributed by atoms with Gasteiger partial charge in [0.05, 0.1) is 0 Å². The average molecular weight is 174 g/mol. The van der Waals surface area contributed by atoms with E-state index in [2.05, 4.69) is 0 Å². The van der Waals surface area contributed by atoms with Gasteiger partial charge in [-0.15, -0.1) is 0 Å². The lowest BCUT2D eigenvalue weighted by Gasteiger charge is -1.89. The number of hydrogen-bond donors (Lipinski definition) is 2. The second-order valence-corrected chi connectivity index (χ2v) is 2.81. The van der Waals surface area contributed by atoms with Gasteiger partial charge >= 0.3 is 5.97 Å². The molecule has 0 aliphatic carbocycles. The Morgan fingerprint density at radius 1 is 1.64 bits per heavy atom. The van der Waals surface area contributed by atoms with Gasteiger partial charge in [0.1, 0.15) is 0 Å². The smallest absolute Gasteiger partial charge is 0.303 e. The number of quaternary nitrogens is 1. The van der Waals surface area contributed by atoms with E-state index in [1.54, 1.807) is 11.3 Å². The van der Waals surface area contributed by atoms with Crippen molar-refractivity contribution in [3.05, 3.63) is 22.4 Å². The molecule has 0 fully saturated rings. The van der Waals surface area contributed by atoms with Crippen LogP contribution < -0.4 is 6.15 Å². The summed E-state index contributed by atoms with van der Waals surface area (Å²) in [6.07, 6.45) is 0.884. The molecule has 62 valence electrons. The summed E-state index contributed by atoms with van der Waals surface area (Å²) >= 11 is 1.60. The summed E-state index contributed by atoms with van der Waals surface area (Å²) in [6.45, 7) is 0. The fourth-order valence-corrected chi connectivity index (χ4v) is 1.39. The van der Waals surface area contributed by atoms with Gasteiger partial charge < -0.3 is 11.3 Å². The Morgan fingerprint density at radius 2 is 2.36 bits per heavy atom. The van der Waals surface area contributed by atoms with Gasteiger partial charge in [-0.3, -0.25) is 4.79 Å². The van der Waals surface area contributed by atoms with E-state index < -0.39 is 5.97 Å². The van der Waals surface area contributed by atoms with E-state index in [0.29, 0.717) is 6.42 Å². The molecule has 0 aromatic carbocycles. The Bertz CT molecular complexity index is 208. The highest BCUT2D eigenvalue weighted by atomic mass is 32.1. The summed E-state index contributed by atoms with van der Waals surface area (Å²) in [4.78, 5) is 10.1. The lowest BCUT2D eigenvalue weighted by atomic mass is 10.2. The molecule has 1 aromatic rings. The summed E-state index contributed by atoms with van der Waals surface area (Å²) < 4.78 is 0. The van der Waals surface area contributed by atoms with E-state index in [1.165, 1.54) is 0 Å². The predicted octanol–water partition coefficient (Wildman–Crippen LogP) is 2.14. The first kappa shape index (κ1) is 10.1. The van der Waals surface area contributed by atoms with Crippen molar-refractivity contribution in [3.63, 3.8) is 0 Å². The second kappa shape index (κ2) is 4.87. The highest BCUT2D eigenvalue weighted by Gasteiger charge is 1.97. The second-order valence-electron chi connectivity index (χ2n) is 2.03. The molecule has 0 unspecified atom stereocenters. The number of hydrogen-bond acceptors (Lipinski definition) is 2. The SMILES string of the molecule is O=C(O)CCc1ccsc1.[NH4+]. The third-order valence-electron chi connectivity index (χ3n) is 1.21. The molecule has 3 nitrogen and oxygen atoms in total. The first-order chi connectivity index (χ1) is 4.79. The standard InChI is InChI=1S/C7H8O2S.H3N/c8-7(9)2-1-6-3-4-10-5-6;/h3-5H,1-2H2,(H,8,9);1H3/p+1. The molecule has 0 spiro atoms. The average Bonchev–Trinajstić information content (AvgIpc) is 2.34. The van der Waals surface area contributed by atoms with Gasteiger partial charge in [-0.2, -0.15) is 11.3 Å². The third kappa shape index (κ3) is 3.75. The van der Waals surface area contributed by atoms with Crippen molar-refractivity contribution in [2.75, 3.05) is 0 Å². The quantitative estimate of drug-likeness (QED) is 0.736. The molecule has 1 aromatic heterocycles. The summed E-state index contributed by atoms with van der Waals surface area (Å²) in [5.74, 6) is -0.730. The van der Waals surface area contributed by atoms with Crippen molar-refractivity contribution in [3.8, 4) is 0 Å². The lowest BCUT2D eigenvalue weighted by Crippen LogP contribution is -1.95. The van der Waals surface area contributed by atoms with Crippen LogP contribution in [0.3, 0.4) is 0 Å². The summed E-state index contributed by atoms with van der Waals surface area (Å²) in [7, 11) is 0. The van der Waals surface area contributed by atoms with Gasteiger partial charge in [0, 0.05) is 6.42 Å². The monoisotopic (exact) mass is 174 g/mol. The Morgan fingerprint density at radius 3 is 2.82 bits per heavy atom.